The van der Waals surface area contributed by atoms with Gasteiger partial charge in [0.2, 0.25) is 5.91 Å². The minimum Gasteiger partial charge on any atom is -0.481 e. The Morgan fingerprint density at radius 2 is 2.05 bits per heavy atom. The van der Waals surface area contributed by atoms with Gasteiger partial charge in [-0.15, -0.1) is 0 Å². The van der Waals surface area contributed by atoms with E-state index in [0.717, 1.165) is 32.1 Å². The van der Waals surface area contributed by atoms with Crippen molar-refractivity contribution in [3.63, 3.8) is 0 Å². The molecule has 0 spiro atoms. The van der Waals surface area contributed by atoms with Crippen LogP contribution in [0.5, 0.6) is 0 Å². The molecule has 0 bridgehead atoms. The highest BCUT2D eigenvalue weighted by Gasteiger charge is 2.32. The maximum absolute atomic E-state index is 12.1. The van der Waals surface area contributed by atoms with E-state index in [1.165, 1.54) is 0 Å². The van der Waals surface area contributed by atoms with Crippen LogP contribution in [0.3, 0.4) is 0 Å². The van der Waals surface area contributed by atoms with E-state index in [4.69, 9.17) is 9.84 Å². The molecule has 1 saturated heterocycles. The van der Waals surface area contributed by atoms with Crippen LogP contribution in [0.1, 0.15) is 58.8 Å². The van der Waals surface area contributed by atoms with Gasteiger partial charge in [-0.2, -0.15) is 0 Å². The number of ether oxygens (including phenoxy) is 1. The molecule has 1 amide bonds. The first kappa shape index (κ1) is 18.0. The van der Waals surface area contributed by atoms with E-state index in [-0.39, 0.29) is 24.3 Å². The number of rotatable bonds is 10. The molecule has 1 aliphatic rings. The van der Waals surface area contributed by atoms with Crippen molar-refractivity contribution >= 4 is 11.9 Å². The van der Waals surface area contributed by atoms with Gasteiger partial charge in [-0.05, 0) is 31.6 Å². The quantitative estimate of drug-likeness (QED) is 0.650. The molecule has 1 rings (SSSR count). The third kappa shape index (κ3) is 6.46. The maximum Gasteiger partial charge on any atom is 0.303 e. The molecule has 1 heterocycles. The summed E-state index contributed by atoms with van der Waals surface area (Å²) >= 11 is 0. The number of aliphatic carboxylic acids is 1. The Kier molecular flexibility index (Phi) is 8.35. The van der Waals surface area contributed by atoms with Crippen molar-refractivity contribution in [2.24, 2.45) is 11.8 Å². The minimum atomic E-state index is -0.742. The van der Waals surface area contributed by atoms with Crippen molar-refractivity contribution in [1.82, 2.24) is 5.32 Å². The Labute approximate surface area is 127 Å². The van der Waals surface area contributed by atoms with Gasteiger partial charge in [0.15, 0.2) is 0 Å². The summed E-state index contributed by atoms with van der Waals surface area (Å²) in [6, 6.07) is 0. The molecule has 0 aromatic heterocycles. The lowest BCUT2D eigenvalue weighted by Gasteiger charge is -2.19. The molecule has 0 radical (unpaired) electrons. The first-order valence-electron chi connectivity index (χ1n) is 8.19. The molecule has 1 fully saturated rings. The molecule has 0 saturated carbocycles. The first-order valence-corrected chi connectivity index (χ1v) is 8.19. The van der Waals surface area contributed by atoms with Crippen LogP contribution in [-0.4, -0.2) is 36.2 Å². The van der Waals surface area contributed by atoms with Crippen LogP contribution in [0.25, 0.3) is 0 Å². The number of carboxylic acid groups (broad SMARTS) is 1. The summed E-state index contributed by atoms with van der Waals surface area (Å²) in [4.78, 5) is 22.8. The van der Waals surface area contributed by atoms with Crippen molar-refractivity contribution in [1.29, 1.82) is 0 Å². The smallest absolute Gasteiger partial charge is 0.303 e. The topological polar surface area (TPSA) is 75.6 Å². The molecule has 0 aromatic rings. The second-order valence-electron chi connectivity index (χ2n) is 5.88. The summed E-state index contributed by atoms with van der Waals surface area (Å²) in [5.74, 6) is -0.284. The number of hydrogen-bond donors (Lipinski definition) is 2. The number of carbonyl (C=O) groups excluding carboxylic acids is 1. The average molecular weight is 299 g/mol. The highest BCUT2D eigenvalue weighted by atomic mass is 16.5. The molecular formula is C16H29NO4. The largest absolute Gasteiger partial charge is 0.481 e. The fourth-order valence-electron chi connectivity index (χ4n) is 3.05. The summed E-state index contributed by atoms with van der Waals surface area (Å²) in [6.45, 7) is 5.46. The number of carboxylic acids is 1. The predicted molar refractivity (Wildman–Crippen MR) is 81.0 cm³/mol. The van der Waals surface area contributed by atoms with Crippen molar-refractivity contribution < 1.29 is 19.4 Å². The molecular weight excluding hydrogens is 270 g/mol. The molecule has 0 aromatic carbocycles. The van der Waals surface area contributed by atoms with Gasteiger partial charge in [-0.25, -0.2) is 0 Å². The summed E-state index contributed by atoms with van der Waals surface area (Å²) in [5, 5.41) is 11.8. The zero-order valence-electron chi connectivity index (χ0n) is 13.3. The zero-order chi connectivity index (χ0) is 15.7. The minimum absolute atomic E-state index is 0.0151. The fraction of sp³-hybridized carbons (Fsp3) is 0.875. The average Bonchev–Trinajstić information content (AvgIpc) is 2.93. The van der Waals surface area contributed by atoms with Crippen molar-refractivity contribution in [3.8, 4) is 0 Å². The molecule has 0 aliphatic carbocycles. The van der Waals surface area contributed by atoms with Crippen molar-refractivity contribution in [2.75, 3.05) is 13.2 Å². The monoisotopic (exact) mass is 299 g/mol. The standard InChI is InChI=1S/C16H29NO4/c1-3-5-12(6-7-15(18)19)8-10-17-16(20)13-9-11-21-14(13)4-2/h12-14H,3-11H2,1-2H3,(H,17,20)(H,18,19). The van der Waals surface area contributed by atoms with Gasteiger partial charge >= 0.3 is 5.97 Å². The Morgan fingerprint density at radius 1 is 1.29 bits per heavy atom. The summed E-state index contributed by atoms with van der Waals surface area (Å²) in [6.07, 6.45) is 5.58. The van der Waals surface area contributed by atoms with Gasteiger partial charge < -0.3 is 15.2 Å². The first-order chi connectivity index (χ1) is 10.1. The van der Waals surface area contributed by atoms with Crippen LogP contribution >= 0.6 is 0 Å². The SMILES string of the molecule is CCCC(CCNC(=O)C1CCOC1CC)CCC(=O)O. The molecule has 3 unspecified atom stereocenters. The van der Waals surface area contributed by atoms with E-state index in [9.17, 15) is 9.59 Å². The van der Waals surface area contributed by atoms with E-state index in [0.29, 0.717) is 25.5 Å². The number of nitrogens with one attached hydrogen (secondary N) is 1. The van der Waals surface area contributed by atoms with Crippen LogP contribution < -0.4 is 5.32 Å². The number of hydrogen-bond acceptors (Lipinski definition) is 3. The highest BCUT2D eigenvalue weighted by molar-refractivity contribution is 5.79. The Hall–Kier alpha value is -1.10. The Morgan fingerprint density at radius 3 is 2.67 bits per heavy atom. The van der Waals surface area contributed by atoms with E-state index in [1.807, 2.05) is 6.92 Å². The van der Waals surface area contributed by atoms with Crippen LogP contribution in [0.15, 0.2) is 0 Å². The third-order valence-electron chi connectivity index (χ3n) is 4.26. The van der Waals surface area contributed by atoms with Gasteiger partial charge in [0.05, 0.1) is 12.0 Å². The Bertz CT molecular complexity index is 332. The fourth-order valence-corrected chi connectivity index (χ4v) is 3.05. The lowest BCUT2D eigenvalue weighted by Crippen LogP contribution is -2.36. The van der Waals surface area contributed by atoms with Crippen LogP contribution in [0.2, 0.25) is 0 Å². The summed E-state index contributed by atoms with van der Waals surface area (Å²) < 4.78 is 5.54. The third-order valence-corrected chi connectivity index (χ3v) is 4.26. The van der Waals surface area contributed by atoms with Gasteiger partial charge in [0.25, 0.3) is 0 Å². The second kappa shape index (κ2) is 9.77. The summed E-state index contributed by atoms with van der Waals surface area (Å²) in [5.41, 5.74) is 0. The molecule has 2 N–H and O–H groups in total. The van der Waals surface area contributed by atoms with Gasteiger partial charge in [0.1, 0.15) is 0 Å². The lowest BCUT2D eigenvalue weighted by atomic mass is 9.94. The van der Waals surface area contributed by atoms with Crippen LogP contribution in [-0.2, 0) is 14.3 Å². The normalized spacial score (nSPS) is 23.0. The molecule has 5 heteroatoms. The van der Waals surface area contributed by atoms with Gasteiger partial charge in [-0.1, -0.05) is 26.7 Å². The summed E-state index contributed by atoms with van der Waals surface area (Å²) in [7, 11) is 0. The van der Waals surface area contributed by atoms with Gasteiger partial charge in [0, 0.05) is 19.6 Å². The van der Waals surface area contributed by atoms with Crippen LogP contribution in [0.4, 0.5) is 0 Å². The molecule has 122 valence electrons. The highest BCUT2D eigenvalue weighted by Crippen LogP contribution is 2.23. The predicted octanol–water partition coefficient (Wildman–Crippen LogP) is 2.59. The lowest BCUT2D eigenvalue weighted by molar-refractivity contribution is -0.137. The number of amides is 1. The number of carbonyl (C=O) groups is 2. The van der Waals surface area contributed by atoms with Crippen LogP contribution in [0, 0.1) is 11.8 Å². The van der Waals surface area contributed by atoms with E-state index in [1.54, 1.807) is 0 Å². The van der Waals surface area contributed by atoms with E-state index >= 15 is 0 Å². The van der Waals surface area contributed by atoms with E-state index < -0.39 is 5.97 Å². The zero-order valence-corrected chi connectivity index (χ0v) is 13.3. The van der Waals surface area contributed by atoms with E-state index in [2.05, 4.69) is 12.2 Å². The molecule has 5 nitrogen and oxygen atoms in total. The molecule has 1 aliphatic heterocycles. The molecule has 21 heavy (non-hydrogen) atoms. The Balaban J connectivity index is 2.28. The van der Waals surface area contributed by atoms with Crippen molar-refractivity contribution in [2.45, 2.75) is 64.9 Å². The van der Waals surface area contributed by atoms with Gasteiger partial charge in [-0.3, -0.25) is 9.59 Å². The van der Waals surface area contributed by atoms with Crippen molar-refractivity contribution in [3.05, 3.63) is 0 Å². The maximum atomic E-state index is 12.1. The second-order valence-corrected chi connectivity index (χ2v) is 5.88. The molecule has 3 atom stereocenters.